The predicted molar refractivity (Wildman–Crippen MR) is 68.3 cm³/mol. The van der Waals surface area contributed by atoms with Crippen molar-refractivity contribution in [1.82, 2.24) is 9.88 Å². The van der Waals surface area contributed by atoms with Gasteiger partial charge in [-0.05, 0) is 31.4 Å². The van der Waals surface area contributed by atoms with Crippen molar-refractivity contribution in [2.24, 2.45) is 5.92 Å². The average Bonchev–Trinajstić information content (AvgIpc) is 2.95. The summed E-state index contributed by atoms with van der Waals surface area (Å²) < 4.78 is 2.29. The maximum atomic E-state index is 9.04. The summed E-state index contributed by atoms with van der Waals surface area (Å²) >= 11 is 0. The van der Waals surface area contributed by atoms with Crippen molar-refractivity contribution < 1.29 is 0 Å². The molecule has 1 saturated carbocycles. The number of rotatable bonds is 5. The van der Waals surface area contributed by atoms with Gasteiger partial charge in [0, 0.05) is 31.0 Å². The minimum absolute atomic E-state index is 0.213. The van der Waals surface area contributed by atoms with Gasteiger partial charge in [-0.15, -0.1) is 0 Å². The topological polar surface area (TPSA) is 40.8 Å². The summed E-state index contributed by atoms with van der Waals surface area (Å²) in [6, 6.07) is 7.07. The zero-order chi connectivity index (χ0) is 12.1. The molecule has 1 aromatic rings. The van der Waals surface area contributed by atoms with E-state index < -0.39 is 0 Å². The van der Waals surface area contributed by atoms with Crippen LogP contribution in [0, 0.1) is 17.2 Å². The van der Waals surface area contributed by atoms with Crippen LogP contribution in [0.4, 0.5) is 0 Å². The third-order valence-electron chi connectivity index (χ3n) is 3.62. The lowest BCUT2D eigenvalue weighted by molar-refractivity contribution is 0.454. The van der Waals surface area contributed by atoms with Gasteiger partial charge in [-0.2, -0.15) is 5.26 Å². The number of aryl methyl sites for hydroxylation is 1. The smallest absolute Gasteiger partial charge is 0.0672 e. The third kappa shape index (κ3) is 2.89. The van der Waals surface area contributed by atoms with Gasteiger partial charge in [0.2, 0.25) is 0 Å². The summed E-state index contributed by atoms with van der Waals surface area (Å²) in [7, 11) is 0. The number of nitrogens with one attached hydrogen (secondary N) is 1. The minimum Gasteiger partial charge on any atom is -0.350 e. The molecule has 1 heterocycles. The second-order valence-electron chi connectivity index (χ2n) is 4.85. The maximum Gasteiger partial charge on any atom is 0.0672 e. The summed E-state index contributed by atoms with van der Waals surface area (Å²) in [4.78, 5) is 0. The Bertz CT molecular complexity index is 388. The van der Waals surface area contributed by atoms with Crippen LogP contribution in [-0.4, -0.2) is 10.6 Å². The van der Waals surface area contributed by atoms with Crippen molar-refractivity contribution in [3.05, 3.63) is 24.0 Å². The molecule has 1 aromatic heterocycles. The van der Waals surface area contributed by atoms with Crippen molar-refractivity contribution in [1.29, 1.82) is 5.26 Å². The summed E-state index contributed by atoms with van der Waals surface area (Å²) in [5.41, 5.74) is 1.33. The first kappa shape index (κ1) is 12.2. The van der Waals surface area contributed by atoms with Gasteiger partial charge in [0.05, 0.1) is 12.0 Å². The van der Waals surface area contributed by atoms with E-state index >= 15 is 0 Å². The Hall–Kier alpha value is -1.27. The van der Waals surface area contributed by atoms with E-state index in [-0.39, 0.29) is 5.92 Å². The summed E-state index contributed by atoms with van der Waals surface area (Å²) in [5.74, 6) is 0.213. The first-order chi connectivity index (χ1) is 8.35. The van der Waals surface area contributed by atoms with Gasteiger partial charge in [0.1, 0.15) is 0 Å². The van der Waals surface area contributed by atoms with E-state index in [0.717, 1.165) is 32.4 Å². The molecule has 0 amide bonds. The number of nitrogens with zero attached hydrogens (tertiary/aromatic N) is 2. The van der Waals surface area contributed by atoms with Crippen LogP contribution in [0.1, 0.15) is 38.3 Å². The number of hydrogen-bond donors (Lipinski definition) is 1. The van der Waals surface area contributed by atoms with Crippen LogP contribution in [0.5, 0.6) is 0 Å². The Labute approximate surface area is 103 Å². The minimum atomic E-state index is 0.213. The van der Waals surface area contributed by atoms with Crippen LogP contribution < -0.4 is 5.32 Å². The molecule has 1 fully saturated rings. The monoisotopic (exact) mass is 231 g/mol. The SMILES string of the molecule is CCCn1cccc1CNC1CCCC1C#N. The fourth-order valence-electron chi connectivity index (χ4n) is 2.66. The van der Waals surface area contributed by atoms with Gasteiger partial charge in [0.25, 0.3) is 0 Å². The van der Waals surface area contributed by atoms with E-state index in [2.05, 4.69) is 41.2 Å². The van der Waals surface area contributed by atoms with Crippen molar-refractivity contribution in [2.45, 2.75) is 51.7 Å². The van der Waals surface area contributed by atoms with Gasteiger partial charge < -0.3 is 9.88 Å². The molecule has 17 heavy (non-hydrogen) atoms. The molecule has 0 bridgehead atoms. The molecule has 0 radical (unpaired) electrons. The summed E-state index contributed by atoms with van der Waals surface area (Å²) in [6.45, 7) is 4.16. The molecular weight excluding hydrogens is 210 g/mol. The number of aromatic nitrogens is 1. The van der Waals surface area contributed by atoms with Crippen molar-refractivity contribution in [3.63, 3.8) is 0 Å². The molecule has 0 aromatic carbocycles. The van der Waals surface area contributed by atoms with Gasteiger partial charge in [0.15, 0.2) is 0 Å². The average molecular weight is 231 g/mol. The molecule has 1 aliphatic rings. The Morgan fingerprint density at radius 3 is 3.18 bits per heavy atom. The van der Waals surface area contributed by atoms with Crippen molar-refractivity contribution in [2.75, 3.05) is 0 Å². The van der Waals surface area contributed by atoms with E-state index in [4.69, 9.17) is 5.26 Å². The highest BCUT2D eigenvalue weighted by molar-refractivity contribution is 5.08. The predicted octanol–water partition coefficient (Wildman–Crippen LogP) is 2.68. The quantitative estimate of drug-likeness (QED) is 0.846. The van der Waals surface area contributed by atoms with Crippen LogP contribution in [0.3, 0.4) is 0 Å². The van der Waals surface area contributed by atoms with Gasteiger partial charge in [-0.1, -0.05) is 13.3 Å². The molecule has 1 aliphatic carbocycles. The van der Waals surface area contributed by atoms with E-state index in [9.17, 15) is 0 Å². The van der Waals surface area contributed by atoms with Crippen molar-refractivity contribution >= 4 is 0 Å². The lowest BCUT2D eigenvalue weighted by atomic mass is 10.1. The van der Waals surface area contributed by atoms with Crippen LogP contribution in [-0.2, 0) is 13.1 Å². The molecule has 2 rings (SSSR count). The Morgan fingerprint density at radius 1 is 1.53 bits per heavy atom. The lowest BCUT2D eigenvalue weighted by Gasteiger charge is -2.16. The zero-order valence-corrected chi connectivity index (χ0v) is 10.5. The van der Waals surface area contributed by atoms with Crippen LogP contribution in [0.25, 0.3) is 0 Å². The highest BCUT2D eigenvalue weighted by Crippen LogP contribution is 2.25. The molecule has 3 heteroatoms. The van der Waals surface area contributed by atoms with Crippen LogP contribution in [0.15, 0.2) is 18.3 Å². The zero-order valence-electron chi connectivity index (χ0n) is 10.5. The number of hydrogen-bond acceptors (Lipinski definition) is 2. The number of nitriles is 1. The third-order valence-corrected chi connectivity index (χ3v) is 3.62. The van der Waals surface area contributed by atoms with Crippen molar-refractivity contribution in [3.8, 4) is 6.07 Å². The molecule has 0 spiro atoms. The summed E-state index contributed by atoms with van der Waals surface area (Å²) in [5, 5.41) is 12.6. The molecule has 92 valence electrons. The molecule has 1 N–H and O–H groups in total. The second-order valence-corrected chi connectivity index (χ2v) is 4.85. The Balaban J connectivity index is 1.89. The van der Waals surface area contributed by atoms with Crippen LogP contribution >= 0.6 is 0 Å². The van der Waals surface area contributed by atoms with Gasteiger partial charge in [-0.3, -0.25) is 0 Å². The van der Waals surface area contributed by atoms with Gasteiger partial charge >= 0.3 is 0 Å². The van der Waals surface area contributed by atoms with Crippen LogP contribution in [0.2, 0.25) is 0 Å². The highest BCUT2D eigenvalue weighted by atomic mass is 15.0. The second kappa shape index (κ2) is 5.88. The maximum absolute atomic E-state index is 9.04. The highest BCUT2D eigenvalue weighted by Gasteiger charge is 2.26. The molecular formula is C14H21N3. The molecule has 0 aliphatic heterocycles. The molecule has 2 atom stereocenters. The first-order valence-electron chi connectivity index (χ1n) is 6.62. The molecule has 3 nitrogen and oxygen atoms in total. The lowest BCUT2D eigenvalue weighted by Crippen LogP contribution is -2.31. The van der Waals surface area contributed by atoms with E-state index in [1.165, 1.54) is 12.1 Å². The Morgan fingerprint density at radius 2 is 2.41 bits per heavy atom. The first-order valence-corrected chi connectivity index (χ1v) is 6.62. The fourth-order valence-corrected chi connectivity index (χ4v) is 2.66. The fraction of sp³-hybridized carbons (Fsp3) is 0.643. The van der Waals surface area contributed by atoms with E-state index in [0.29, 0.717) is 6.04 Å². The Kier molecular flexibility index (Phi) is 4.22. The standard InChI is InChI=1S/C14H21N3/c1-2-8-17-9-4-6-13(17)11-16-14-7-3-5-12(14)10-15/h4,6,9,12,14,16H,2-3,5,7-8,11H2,1H3. The molecule has 0 saturated heterocycles. The van der Waals surface area contributed by atoms with Gasteiger partial charge in [-0.25, -0.2) is 0 Å². The molecule has 2 unspecified atom stereocenters. The largest absolute Gasteiger partial charge is 0.350 e. The van der Waals surface area contributed by atoms with E-state index in [1.807, 2.05) is 0 Å². The summed E-state index contributed by atoms with van der Waals surface area (Å²) in [6.07, 6.45) is 6.69. The van der Waals surface area contributed by atoms with E-state index in [1.54, 1.807) is 0 Å². The normalized spacial score (nSPS) is 23.8.